The van der Waals surface area contributed by atoms with Gasteiger partial charge in [-0.2, -0.15) is 0 Å². The van der Waals surface area contributed by atoms with Crippen LogP contribution in [0.1, 0.15) is 44.6 Å². The van der Waals surface area contributed by atoms with E-state index < -0.39 is 0 Å². The summed E-state index contributed by atoms with van der Waals surface area (Å²) in [7, 11) is 1.73. The molecule has 1 N–H and O–H groups in total. The van der Waals surface area contributed by atoms with Gasteiger partial charge in [-0.3, -0.25) is 0 Å². The van der Waals surface area contributed by atoms with Crippen LogP contribution in [0.25, 0.3) is 0 Å². The van der Waals surface area contributed by atoms with Gasteiger partial charge in [-0.1, -0.05) is 31.9 Å². The number of hydrogen-bond donors (Lipinski definition) is 1. The predicted octanol–water partition coefficient (Wildman–Crippen LogP) is 4.04. The molecule has 3 unspecified atom stereocenters. The van der Waals surface area contributed by atoms with Gasteiger partial charge in [-0.25, -0.2) is 0 Å². The zero-order chi connectivity index (χ0) is 14.7. The summed E-state index contributed by atoms with van der Waals surface area (Å²) in [5.74, 6) is 3.93. The molecular weight excluding hydrogens is 258 g/mol. The highest BCUT2D eigenvalue weighted by atomic mass is 16.5. The van der Waals surface area contributed by atoms with E-state index in [0.717, 1.165) is 30.0 Å². The predicted molar refractivity (Wildman–Crippen MR) is 87.7 cm³/mol. The van der Waals surface area contributed by atoms with Crippen LogP contribution < -0.4 is 10.1 Å². The second-order valence-corrected chi connectivity index (χ2v) is 6.80. The summed E-state index contributed by atoms with van der Waals surface area (Å²) in [4.78, 5) is 0. The molecule has 2 heteroatoms. The summed E-state index contributed by atoms with van der Waals surface area (Å²) < 4.78 is 5.26. The molecule has 21 heavy (non-hydrogen) atoms. The van der Waals surface area contributed by atoms with Crippen molar-refractivity contribution in [3.63, 3.8) is 0 Å². The van der Waals surface area contributed by atoms with Crippen LogP contribution in [0.3, 0.4) is 0 Å². The third kappa shape index (κ3) is 3.42. The van der Waals surface area contributed by atoms with Crippen LogP contribution >= 0.6 is 0 Å². The van der Waals surface area contributed by atoms with Gasteiger partial charge in [-0.15, -0.1) is 0 Å². The zero-order valence-electron chi connectivity index (χ0n) is 13.5. The maximum absolute atomic E-state index is 5.26. The van der Waals surface area contributed by atoms with Crippen molar-refractivity contribution in [3.8, 4) is 5.75 Å². The molecule has 0 heterocycles. The van der Waals surface area contributed by atoms with Crippen LogP contribution in [0.5, 0.6) is 5.75 Å². The molecule has 3 rings (SSSR count). The van der Waals surface area contributed by atoms with Gasteiger partial charge < -0.3 is 10.1 Å². The monoisotopic (exact) mass is 287 g/mol. The van der Waals surface area contributed by atoms with Gasteiger partial charge in [0.1, 0.15) is 5.75 Å². The zero-order valence-corrected chi connectivity index (χ0v) is 13.5. The van der Waals surface area contributed by atoms with Gasteiger partial charge in [-0.05, 0) is 67.7 Å². The normalized spacial score (nSPS) is 28.8. The van der Waals surface area contributed by atoms with E-state index in [9.17, 15) is 0 Å². The molecule has 116 valence electrons. The first-order valence-corrected chi connectivity index (χ1v) is 8.69. The SMILES string of the molecule is CCCNC(Cc1ccc(OC)cc1)C1C2CCCCC21. The largest absolute Gasteiger partial charge is 0.497 e. The fourth-order valence-electron chi connectivity index (χ4n) is 4.33. The Hall–Kier alpha value is -1.02. The molecule has 0 aliphatic heterocycles. The first-order valence-electron chi connectivity index (χ1n) is 8.69. The number of benzene rings is 1. The number of methoxy groups -OCH3 is 1. The molecule has 2 aliphatic carbocycles. The molecule has 0 amide bonds. The molecular formula is C19H29NO. The van der Waals surface area contributed by atoms with Crippen LogP contribution in [-0.4, -0.2) is 19.7 Å². The van der Waals surface area contributed by atoms with E-state index in [1.54, 1.807) is 7.11 Å². The highest BCUT2D eigenvalue weighted by molar-refractivity contribution is 5.28. The maximum atomic E-state index is 5.26. The van der Waals surface area contributed by atoms with Gasteiger partial charge >= 0.3 is 0 Å². The second kappa shape index (κ2) is 6.83. The van der Waals surface area contributed by atoms with Crippen LogP contribution in [0.4, 0.5) is 0 Å². The van der Waals surface area contributed by atoms with Crippen LogP contribution in [-0.2, 0) is 6.42 Å². The first kappa shape index (κ1) is 14.9. The average molecular weight is 287 g/mol. The van der Waals surface area contributed by atoms with Gasteiger partial charge in [0.15, 0.2) is 0 Å². The fraction of sp³-hybridized carbons (Fsp3) is 0.684. The molecule has 3 atom stereocenters. The van der Waals surface area contributed by atoms with Crippen molar-refractivity contribution < 1.29 is 4.74 Å². The lowest BCUT2D eigenvalue weighted by Crippen LogP contribution is -2.34. The van der Waals surface area contributed by atoms with Gasteiger partial charge in [0.25, 0.3) is 0 Å². The van der Waals surface area contributed by atoms with E-state index in [1.807, 2.05) is 0 Å². The van der Waals surface area contributed by atoms with Crippen molar-refractivity contribution >= 4 is 0 Å². The topological polar surface area (TPSA) is 21.3 Å². The highest BCUT2D eigenvalue weighted by Crippen LogP contribution is 2.57. The minimum Gasteiger partial charge on any atom is -0.497 e. The van der Waals surface area contributed by atoms with Crippen molar-refractivity contribution in [2.45, 2.75) is 51.5 Å². The van der Waals surface area contributed by atoms with Crippen LogP contribution in [0.15, 0.2) is 24.3 Å². The van der Waals surface area contributed by atoms with E-state index in [2.05, 4.69) is 36.5 Å². The molecule has 2 aliphatic rings. The molecule has 2 saturated carbocycles. The summed E-state index contributed by atoms with van der Waals surface area (Å²) in [6, 6.07) is 9.31. The molecule has 0 spiro atoms. The van der Waals surface area contributed by atoms with Crippen molar-refractivity contribution in [2.24, 2.45) is 17.8 Å². The van der Waals surface area contributed by atoms with Crippen molar-refractivity contribution in [2.75, 3.05) is 13.7 Å². The minimum atomic E-state index is 0.673. The second-order valence-electron chi connectivity index (χ2n) is 6.80. The van der Waals surface area contributed by atoms with E-state index in [0.29, 0.717) is 6.04 Å². The molecule has 0 aromatic heterocycles. The van der Waals surface area contributed by atoms with Gasteiger partial charge in [0, 0.05) is 6.04 Å². The quantitative estimate of drug-likeness (QED) is 0.817. The van der Waals surface area contributed by atoms with Gasteiger partial charge in [0.2, 0.25) is 0 Å². The third-order valence-electron chi connectivity index (χ3n) is 5.46. The molecule has 1 aromatic carbocycles. The first-order chi connectivity index (χ1) is 10.3. The summed E-state index contributed by atoms with van der Waals surface area (Å²) in [5, 5.41) is 3.83. The molecule has 1 aromatic rings. The average Bonchev–Trinajstić information content (AvgIpc) is 3.26. The summed E-state index contributed by atoms with van der Waals surface area (Å²) in [6.45, 7) is 3.41. The van der Waals surface area contributed by atoms with Crippen molar-refractivity contribution in [1.82, 2.24) is 5.32 Å². The molecule has 0 radical (unpaired) electrons. The Bertz CT molecular complexity index is 429. The number of ether oxygens (including phenoxy) is 1. The van der Waals surface area contributed by atoms with Crippen molar-refractivity contribution in [1.29, 1.82) is 0 Å². The lowest BCUT2D eigenvalue weighted by molar-refractivity contribution is 0.413. The third-order valence-corrected chi connectivity index (χ3v) is 5.46. The summed E-state index contributed by atoms with van der Waals surface area (Å²) in [6.07, 6.45) is 8.26. The Morgan fingerprint density at radius 2 is 1.81 bits per heavy atom. The van der Waals surface area contributed by atoms with Crippen LogP contribution in [0.2, 0.25) is 0 Å². The van der Waals surface area contributed by atoms with E-state index in [4.69, 9.17) is 4.74 Å². The highest BCUT2D eigenvalue weighted by Gasteiger charge is 2.53. The number of fused-ring (bicyclic) bond motifs is 1. The number of nitrogens with one attached hydrogen (secondary N) is 1. The van der Waals surface area contributed by atoms with E-state index >= 15 is 0 Å². The lowest BCUT2D eigenvalue weighted by Gasteiger charge is -2.19. The maximum Gasteiger partial charge on any atom is 0.118 e. The van der Waals surface area contributed by atoms with E-state index in [-0.39, 0.29) is 0 Å². The molecule has 2 fully saturated rings. The summed E-state index contributed by atoms with van der Waals surface area (Å²) >= 11 is 0. The number of hydrogen-bond acceptors (Lipinski definition) is 2. The smallest absolute Gasteiger partial charge is 0.118 e. The Labute approximate surface area is 129 Å². The van der Waals surface area contributed by atoms with E-state index in [1.165, 1.54) is 44.1 Å². The Morgan fingerprint density at radius 1 is 1.14 bits per heavy atom. The Morgan fingerprint density at radius 3 is 2.38 bits per heavy atom. The minimum absolute atomic E-state index is 0.673. The molecule has 0 saturated heterocycles. The number of rotatable bonds is 7. The van der Waals surface area contributed by atoms with Gasteiger partial charge in [0.05, 0.1) is 7.11 Å². The van der Waals surface area contributed by atoms with Crippen LogP contribution in [0, 0.1) is 17.8 Å². The summed E-state index contributed by atoms with van der Waals surface area (Å²) in [5.41, 5.74) is 1.44. The Balaban J connectivity index is 1.64. The van der Waals surface area contributed by atoms with Crippen molar-refractivity contribution in [3.05, 3.63) is 29.8 Å². The fourth-order valence-corrected chi connectivity index (χ4v) is 4.33. The standard InChI is InChI=1S/C19H29NO/c1-3-12-20-18(19-16-6-4-5-7-17(16)19)13-14-8-10-15(21-2)11-9-14/h8-11,16-20H,3-7,12-13H2,1-2H3. The molecule has 0 bridgehead atoms. The lowest BCUT2D eigenvalue weighted by atomic mass is 9.99. The Kier molecular flexibility index (Phi) is 4.84. The molecule has 2 nitrogen and oxygen atoms in total.